The first-order chi connectivity index (χ1) is 11.3. The van der Waals surface area contributed by atoms with Crippen LogP contribution in [0.2, 0.25) is 10.0 Å². The van der Waals surface area contributed by atoms with Crippen molar-refractivity contribution in [3.8, 4) is 0 Å². The number of halogens is 4. The fourth-order valence-corrected chi connectivity index (χ4v) is 2.31. The molecule has 1 aromatic carbocycles. The molecule has 0 aliphatic carbocycles. The number of carbonyl (C=O) groups excluding carboxylic acids is 1. The van der Waals surface area contributed by atoms with Gasteiger partial charge in [-0.3, -0.25) is 4.68 Å². The first-order valence-corrected chi connectivity index (χ1v) is 7.34. The van der Waals surface area contributed by atoms with Crippen LogP contribution in [0.3, 0.4) is 0 Å². The van der Waals surface area contributed by atoms with E-state index in [1.54, 1.807) is 6.07 Å². The number of benzene rings is 1. The largest absolute Gasteiger partial charge is 0.380 e. The smallest absolute Gasteiger partial charge is 0.356 e. The van der Waals surface area contributed by atoms with Crippen molar-refractivity contribution in [3.05, 3.63) is 51.3 Å². The molecular formula is C14H12Cl2F2N4O2. The van der Waals surface area contributed by atoms with Crippen molar-refractivity contribution >= 4 is 35.0 Å². The summed E-state index contributed by atoms with van der Waals surface area (Å²) in [5.41, 5.74) is 5.99. The SMILES string of the molecule is Cc1cc(C(F)F)nn1CC(=O)O/N=C(\N)c1ccc(Cl)cc1Cl. The van der Waals surface area contributed by atoms with Crippen molar-refractivity contribution in [2.75, 3.05) is 0 Å². The minimum Gasteiger partial charge on any atom is -0.380 e. The lowest BCUT2D eigenvalue weighted by Gasteiger charge is -2.05. The number of hydrogen-bond acceptors (Lipinski definition) is 4. The van der Waals surface area contributed by atoms with Crippen molar-refractivity contribution in [3.63, 3.8) is 0 Å². The van der Waals surface area contributed by atoms with Gasteiger partial charge in [-0.15, -0.1) is 0 Å². The van der Waals surface area contributed by atoms with Gasteiger partial charge < -0.3 is 10.6 Å². The van der Waals surface area contributed by atoms with E-state index in [0.29, 0.717) is 16.3 Å². The molecule has 0 unspecified atom stereocenters. The summed E-state index contributed by atoms with van der Waals surface area (Å²) < 4.78 is 26.2. The minimum absolute atomic E-state index is 0.129. The Kier molecular flexibility index (Phi) is 5.74. The van der Waals surface area contributed by atoms with Gasteiger partial charge in [0.2, 0.25) is 0 Å². The van der Waals surface area contributed by atoms with Gasteiger partial charge >= 0.3 is 5.97 Å². The second-order valence-corrected chi connectivity index (χ2v) is 5.58. The van der Waals surface area contributed by atoms with Crippen molar-refractivity contribution in [2.45, 2.75) is 19.9 Å². The molecule has 10 heteroatoms. The summed E-state index contributed by atoms with van der Waals surface area (Å²) in [6.45, 7) is 1.15. The highest BCUT2D eigenvalue weighted by Gasteiger charge is 2.16. The number of aryl methyl sites for hydroxylation is 1. The number of nitrogens with two attached hydrogens (primary N) is 1. The van der Waals surface area contributed by atoms with Crippen LogP contribution in [0.5, 0.6) is 0 Å². The van der Waals surface area contributed by atoms with E-state index in [1.807, 2.05) is 0 Å². The summed E-state index contributed by atoms with van der Waals surface area (Å²) in [5, 5.41) is 7.74. The van der Waals surface area contributed by atoms with Crippen LogP contribution in [0.25, 0.3) is 0 Å². The zero-order valence-electron chi connectivity index (χ0n) is 12.3. The second-order valence-electron chi connectivity index (χ2n) is 4.73. The average Bonchev–Trinajstić information content (AvgIpc) is 2.86. The quantitative estimate of drug-likeness (QED) is 0.375. The number of nitrogens with zero attached hydrogens (tertiary/aromatic N) is 3. The van der Waals surface area contributed by atoms with Gasteiger partial charge in [-0.2, -0.15) is 5.10 Å². The highest BCUT2D eigenvalue weighted by Crippen LogP contribution is 2.21. The summed E-state index contributed by atoms with van der Waals surface area (Å²) in [4.78, 5) is 16.4. The Morgan fingerprint density at radius 1 is 1.42 bits per heavy atom. The van der Waals surface area contributed by atoms with E-state index >= 15 is 0 Å². The molecule has 2 rings (SSSR count). The number of carbonyl (C=O) groups is 1. The zero-order valence-corrected chi connectivity index (χ0v) is 13.9. The molecule has 0 atom stereocenters. The van der Waals surface area contributed by atoms with E-state index in [1.165, 1.54) is 25.1 Å². The lowest BCUT2D eigenvalue weighted by Crippen LogP contribution is -2.18. The van der Waals surface area contributed by atoms with Gasteiger partial charge in [-0.05, 0) is 31.2 Å². The number of alkyl halides is 2. The van der Waals surface area contributed by atoms with Crippen molar-refractivity contribution in [1.82, 2.24) is 9.78 Å². The van der Waals surface area contributed by atoms with E-state index in [4.69, 9.17) is 28.9 Å². The zero-order chi connectivity index (χ0) is 17.9. The summed E-state index contributed by atoms with van der Waals surface area (Å²) in [7, 11) is 0. The molecule has 24 heavy (non-hydrogen) atoms. The van der Waals surface area contributed by atoms with Crippen LogP contribution >= 0.6 is 23.2 Å². The molecule has 1 aromatic heterocycles. The summed E-state index contributed by atoms with van der Waals surface area (Å²) in [6, 6.07) is 5.71. The molecule has 2 N–H and O–H groups in total. The van der Waals surface area contributed by atoms with Gasteiger partial charge in [-0.1, -0.05) is 28.4 Å². The lowest BCUT2D eigenvalue weighted by molar-refractivity contribution is -0.144. The van der Waals surface area contributed by atoms with Gasteiger partial charge in [0.1, 0.15) is 12.2 Å². The van der Waals surface area contributed by atoms with E-state index in [0.717, 1.165) is 4.68 Å². The van der Waals surface area contributed by atoms with Gasteiger partial charge in [0.15, 0.2) is 5.84 Å². The molecule has 0 saturated heterocycles. The van der Waals surface area contributed by atoms with Crippen LogP contribution in [-0.2, 0) is 16.2 Å². The van der Waals surface area contributed by atoms with Crippen LogP contribution in [0.15, 0.2) is 29.4 Å². The Hall–Kier alpha value is -2.19. The van der Waals surface area contributed by atoms with Gasteiger partial charge in [0.25, 0.3) is 6.43 Å². The topological polar surface area (TPSA) is 82.5 Å². The molecule has 1 heterocycles. The maximum atomic E-state index is 12.6. The van der Waals surface area contributed by atoms with Gasteiger partial charge in [0, 0.05) is 16.3 Å². The predicted octanol–water partition coefficient (Wildman–Crippen LogP) is 3.30. The highest BCUT2D eigenvalue weighted by molar-refractivity contribution is 6.36. The molecule has 0 aliphatic heterocycles. The minimum atomic E-state index is -2.72. The standard InChI is InChI=1S/C14H12Cl2F2N4O2/c1-7-4-11(13(17)18)20-22(7)6-12(23)24-21-14(19)9-3-2-8(15)5-10(9)16/h2-5,13H,6H2,1H3,(H2,19,21). The molecule has 0 aliphatic rings. The normalized spacial score (nSPS) is 11.8. The van der Waals surface area contributed by atoms with E-state index in [-0.39, 0.29) is 17.4 Å². The molecule has 0 bridgehead atoms. The fraction of sp³-hybridized carbons (Fsp3) is 0.214. The maximum Gasteiger partial charge on any atom is 0.356 e. The molecular weight excluding hydrogens is 365 g/mol. The van der Waals surface area contributed by atoms with E-state index in [2.05, 4.69) is 15.1 Å². The summed E-state index contributed by atoms with van der Waals surface area (Å²) in [6.07, 6.45) is -2.72. The van der Waals surface area contributed by atoms with Crippen molar-refractivity contribution in [2.24, 2.45) is 10.9 Å². The summed E-state index contributed by atoms with van der Waals surface area (Å²) in [5.74, 6) is -0.953. The van der Waals surface area contributed by atoms with E-state index in [9.17, 15) is 13.6 Å². The fourth-order valence-electron chi connectivity index (χ4n) is 1.80. The molecule has 0 amide bonds. The molecule has 0 saturated carbocycles. The monoisotopic (exact) mass is 376 g/mol. The number of aromatic nitrogens is 2. The molecule has 128 valence electrons. The third-order valence-electron chi connectivity index (χ3n) is 2.96. The van der Waals surface area contributed by atoms with Crippen LogP contribution in [-0.4, -0.2) is 21.6 Å². The molecule has 6 nitrogen and oxygen atoms in total. The Balaban J connectivity index is 2.04. The van der Waals surface area contributed by atoms with Crippen LogP contribution in [0, 0.1) is 6.92 Å². The predicted molar refractivity (Wildman–Crippen MR) is 85.2 cm³/mol. The van der Waals surface area contributed by atoms with Crippen molar-refractivity contribution < 1.29 is 18.4 Å². The number of rotatable bonds is 5. The Morgan fingerprint density at radius 3 is 2.71 bits per heavy atom. The maximum absolute atomic E-state index is 12.6. The highest BCUT2D eigenvalue weighted by atomic mass is 35.5. The first-order valence-electron chi connectivity index (χ1n) is 6.59. The third-order valence-corrected chi connectivity index (χ3v) is 3.50. The van der Waals surface area contributed by atoms with Gasteiger partial charge in [0.05, 0.1) is 5.02 Å². The number of oxime groups is 1. The second kappa shape index (κ2) is 7.59. The summed E-state index contributed by atoms with van der Waals surface area (Å²) >= 11 is 11.7. The van der Waals surface area contributed by atoms with Crippen LogP contribution < -0.4 is 5.73 Å². The number of hydrogen-bond donors (Lipinski definition) is 1. The van der Waals surface area contributed by atoms with Crippen molar-refractivity contribution in [1.29, 1.82) is 0 Å². The third kappa shape index (κ3) is 4.42. The molecule has 2 aromatic rings. The lowest BCUT2D eigenvalue weighted by atomic mass is 10.2. The average molecular weight is 377 g/mol. The Bertz CT molecular complexity index is 793. The molecule has 0 radical (unpaired) electrons. The first kappa shape index (κ1) is 18.2. The van der Waals surface area contributed by atoms with Gasteiger partial charge in [-0.25, -0.2) is 13.6 Å². The van der Waals surface area contributed by atoms with Crippen LogP contribution in [0.4, 0.5) is 8.78 Å². The molecule has 0 fully saturated rings. The van der Waals surface area contributed by atoms with Crippen LogP contribution in [0.1, 0.15) is 23.4 Å². The Morgan fingerprint density at radius 2 is 2.12 bits per heavy atom. The van der Waals surface area contributed by atoms with E-state index < -0.39 is 18.1 Å². The molecule has 0 spiro atoms. The Labute approximate surface area is 145 Å². The number of amidine groups is 1.